The van der Waals surface area contributed by atoms with E-state index in [1.807, 2.05) is 0 Å². The van der Waals surface area contributed by atoms with Crippen LogP contribution in [-0.4, -0.2) is 86.4 Å². The Morgan fingerprint density at radius 1 is 1.14 bits per heavy atom. The molecule has 0 aromatic heterocycles. The topological polar surface area (TPSA) is 86.8 Å². The lowest BCUT2D eigenvalue weighted by Crippen LogP contribution is -2.48. The molecule has 0 unspecified atom stereocenters. The van der Waals surface area contributed by atoms with Crippen LogP contribution in [0.5, 0.6) is 0 Å². The highest BCUT2D eigenvalue weighted by Crippen LogP contribution is 2.39. The largest absolute Gasteiger partial charge is 0.401 e. The van der Waals surface area contributed by atoms with Crippen molar-refractivity contribution < 1.29 is 35.6 Å². The summed E-state index contributed by atoms with van der Waals surface area (Å²) in [6.45, 7) is -1.21. The van der Waals surface area contributed by atoms with Crippen molar-refractivity contribution in [2.75, 3.05) is 38.5 Å². The van der Waals surface area contributed by atoms with Crippen molar-refractivity contribution in [3.05, 3.63) is 46.3 Å². The number of carbonyl (C=O) groups excluding carboxylic acids is 2. The predicted molar refractivity (Wildman–Crippen MR) is 129 cm³/mol. The number of alkyl halides is 4. The number of likely N-dealkylation sites (tertiary alicyclic amines) is 2. The van der Waals surface area contributed by atoms with Gasteiger partial charge in [0.25, 0.3) is 5.91 Å². The van der Waals surface area contributed by atoms with Gasteiger partial charge in [-0.25, -0.2) is 12.8 Å². The molecule has 0 spiro atoms. The van der Waals surface area contributed by atoms with Crippen molar-refractivity contribution in [2.24, 2.45) is 5.92 Å². The molecule has 3 heterocycles. The van der Waals surface area contributed by atoms with Gasteiger partial charge >= 0.3 is 6.18 Å². The van der Waals surface area contributed by atoms with E-state index in [0.29, 0.717) is 10.6 Å². The Kier molecular flexibility index (Phi) is 7.92. The van der Waals surface area contributed by atoms with E-state index in [1.54, 1.807) is 24.3 Å². The second-order valence-electron chi connectivity index (χ2n) is 9.93. The number of hydrogen-bond donors (Lipinski definition) is 1. The van der Waals surface area contributed by atoms with Gasteiger partial charge in [-0.1, -0.05) is 29.8 Å². The van der Waals surface area contributed by atoms with Crippen LogP contribution < -0.4 is 5.32 Å². The summed E-state index contributed by atoms with van der Waals surface area (Å²) in [6, 6.07) is 5.91. The molecule has 3 aliphatic heterocycles. The van der Waals surface area contributed by atoms with Crippen molar-refractivity contribution >= 4 is 33.3 Å². The minimum absolute atomic E-state index is 0.000753. The average molecular weight is 566 g/mol. The van der Waals surface area contributed by atoms with Gasteiger partial charge in [0.15, 0.2) is 15.5 Å². The molecular formula is C24H28ClF4N3O4S. The first kappa shape index (κ1) is 27.8. The number of rotatable bonds is 5. The molecule has 0 aliphatic carbocycles. The Morgan fingerprint density at radius 3 is 2.51 bits per heavy atom. The van der Waals surface area contributed by atoms with E-state index < -0.39 is 57.9 Å². The Hall–Kier alpha value is -2.18. The number of halogens is 5. The molecular weight excluding hydrogens is 538 g/mol. The third-order valence-electron chi connectivity index (χ3n) is 7.16. The second kappa shape index (κ2) is 10.5. The van der Waals surface area contributed by atoms with Crippen LogP contribution in [0.3, 0.4) is 0 Å². The zero-order chi connectivity index (χ0) is 27.0. The minimum Gasteiger partial charge on any atom is -0.346 e. The van der Waals surface area contributed by atoms with Crippen molar-refractivity contribution in [1.82, 2.24) is 15.1 Å². The first-order chi connectivity index (χ1) is 17.3. The number of carbonyl (C=O) groups is 2. The van der Waals surface area contributed by atoms with Crippen molar-refractivity contribution in [3.8, 4) is 0 Å². The number of amides is 2. The Bertz CT molecular complexity index is 1180. The van der Waals surface area contributed by atoms with Gasteiger partial charge in [-0.2, -0.15) is 13.2 Å². The van der Waals surface area contributed by atoms with E-state index in [-0.39, 0.29) is 51.2 Å². The number of hydrogen-bond acceptors (Lipinski definition) is 5. The van der Waals surface area contributed by atoms with E-state index in [1.165, 1.54) is 15.9 Å². The third kappa shape index (κ3) is 6.64. The summed E-state index contributed by atoms with van der Waals surface area (Å²) in [5.74, 6) is -3.04. The lowest BCUT2D eigenvalue weighted by molar-refractivity contribution is -0.146. The molecule has 204 valence electrons. The molecule has 2 amide bonds. The summed E-state index contributed by atoms with van der Waals surface area (Å²) in [6.07, 6.45) is -3.43. The fraction of sp³-hybridized carbons (Fsp3) is 0.583. The molecule has 13 heteroatoms. The van der Waals surface area contributed by atoms with Gasteiger partial charge in [-0.3, -0.25) is 14.5 Å². The van der Waals surface area contributed by atoms with Gasteiger partial charge < -0.3 is 10.2 Å². The summed E-state index contributed by atoms with van der Waals surface area (Å²) in [5, 5.41) is 3.76. The fourth-order valence-corrected chi connectivity index (χ4v) is 6.86. The molecule has 2 fully saturated rings. The highest BCUT2D eigenvalue weighted by Gasteiger charge is 2.46. The van der Waals surface area contributed by atoms with E-state index in [4.69, 9.17) is 11.6 Å². The Labute approximate surface area is 217 Å². The van der Waals surface area contributed by atoms with Crippen LogP contribution >= 0.6 is 11.6 Å². The molecule has 0 saturated carbocycles. The lowest BCUT2D eigenvalue weighted by Gasteiger charge is -2.28. The summed E-state index contributed by atoms with van der Waals surface area (Å²) < 4.78 is 78.2. The molecule has 2 saturated heterocycles. The number of nitrogens with one attached hydrogen (secondary N) is 1. The van der Waals surface area contributed by atoms with Gasteiger partial charge in [-0.05, 0) is 30.5 Å². The smallest absolute Gasteiger partial charge is 0.346 e. The highest BCUT2D eigenvalue weighted by molar-refractivity contribution is 7.94. The van der Waals surface area contributed by atoms with Crippen LogP contribution in [-0.2, 0) is 19.4 Å². The van der Waals surface area contributed by atoms with Crippen molar-refractivity contribution in [1.29, 1.82) is 0 Å². The molecule has 1 N–H and O–H groups in total. The fourth-order valence-electron chi connectivity index (χ4n) is 5.35. The average Bonchev–Trinajstić information content (AvgIpc) is 3.29. The zero-order valence-electron chi connectivity index (χ0n) is 19.9. The summed E-state index contributed by atoms with van der Waals surface area (Å²) >= 11 is 6.32. The maximum Gasteiger partial charge on any atom is 0.401 e. The SMILES string of the molecule is O=C([C@H]1CN(CC(F)(F)F)C[C@H]1c1ccccc1Cl)N1CCC[C@](F)(C(=O)N[C@@H]2C=CS(=O)(=O)C2)CC1. The van der Waals surface area contributed by atoms with Crippen molar-refractivity contribution in [3.63, 3.8) is 0 Å². The molecule has 0 radical (unpaired) electrons. The van der Waals surface area contributed by atoms with Crippen LogP contribution in [0.4, 0.5) is 17.6 Å². The number of sulfone groups is 1. The predicted octanol–water partition coefficient (Wildman–Crippen LogP) is 3.07. The second-order valence-corrected chi connectivity index (χ2v) is 12.3. The van der Waals surface area contributed by atoms with E-state index in [2.05, 4.69) is 5.32 Å². The van der Waals surface area contributed by atoms with E-state index in [0.717, 1.165) is 5.41 Å². The van der Waals surface area contributed by atoms with Gasteiger partial charge in [0, 0.05) is 48.9 Å². The number of benzene rings is 1. The first-order valence-corrected chi connectivity index (χ1v) is 14.1. The Balaban J connectivity index is 1.46. The van der Waals surface area contributed by atoms with Gasteiger partial charge in [0.05, 0.1) is 24.3 Å². The summed E-state index contributed by atoms with van der Waals surface area (Å²) in [5.41, 5.74) is -1.71. The maximum absolute atomic E-state index is 15.7. The van der Waals surface area contributed by atoms with Gasteiger partial charge in [0.2, 0.25) is 5.91 Å². The van der Waals surface area contributed by atoms with Crippen LogP contribution in [0.2, 0.25) is 5.02 Å². The van der Waals surface area contributed by atoms with Gasteiger partial charge in [0.1, 0.15) is 0 Å². The molecule has 1 aromatic carbocycles. The molecule has 4 rings (SSSR count). The monoisotopic (exact) mass is 565 g/mol. The standard InChI is InChI=1S/C24H28ClF4N3O4S/c25-20-5-2-1-4-17(20)18-12-31(15-24(27,28)29)13-19(18)21(33)32-9-3-7-23(26,8-10-32)22(34)30-16-6-11-37(35,36)14-16/h1-2,4-6,11,16,18-19H,3,7-10,12-15H2,(H,30,34)/t16-,18+,19+,23-/m1/s1. The van der Waals surface area contributed by atoms with Crippen LogP contribution in [0.15, 0.2) is 35.7 Å². The van der Waals surface area contributed by atoms with Crippen molar-refractivity contribution in [2.45, 2.75) is 43.1 Å². The molecule has 7 nitrogen and oxygen atoms in total. The Morgan fingerprint density at radius 2 is 1.86 bits per heavy atom. The first-order valence-electron chi connectivity index (χ1n) is 12.0. The maximum atomic E-state index is 15.7. The van der Waals surface area contributed by atoms with E-state index >= 15 is 4.39 Å². The van der Waals surface area contributed by atoms with Gasteiger partial charge in [-0.15, -0.1) is 0 Å². The minimum atomic E-state index is -4.43. The highest BCUT2D eigenvalue weighted by atomic mass is 35.5. The van der Waals surface area contributed by atoms with Crippen LogP contribution in [0.25, 0.3) is 0 Å². The molecule has 3 aliphatic rings. The molecule has 0 bridgehead atoms. The zero-order valence-corrected chi connectivity index (χ0v) is 21.5. The molecule has 1 aromatic rings. The van der Waals surface area contributed by atoms with E-state index in [9.17, 15) is 31.2 Å². The third-order valence-corrected chi connectivity index (χ3v) is 8.90. The summed E-state index contributed by atoms with van der Waals surface area (Å²) in [4.78, 5) is 28.8. The lowest BCUT2D eigenvalue weighted by atomic mass is 9.87. The van der Waals surface area contributed by atoms with Crippen LogP contribution in [0, 0.1) is 5.92 Å². The number of nitrogens with zero attached hydrogens (tertiary/aromatic N) is 2. The van der Waals surface area contributed by atoms with Crippen LogP contribution in [0.1, 0.15) is 30.7 Å². The molecule has 4 atom stereocenters. The normalized spacial score (nSPS) is 30.3. The summed E-state index contributed by atoms with van der Waals surface area (Å²) in [7, 11) is -3.43. The quantitative estimate of drug-likeness (QED) is 0.555. The molecule has 37 heavy (non-hydrogen) atoms.